The molecule has 3 nitrogen and oxygen atoms in total. The van der Waals surface area contributed by atoms with Crippen LogP contribution in [0.4, 0.5) is 0 Å². The monoisotopic (exact) mass is 268 g/mol. The van der Waals surface area contributed by atoms with E-state index < -0.39 is 7.12 Å². The molecule has 0 saturated heterocycles. The predicted octanol–water partition coefficient (Wildman–Crippen LogP) is 1.43. The summed E-state index contributed by atoms with van der Waals surface area (Å²) in [4.78, 5) is 0. The molecule has 0 amide bonds. The Morgan fingerprint density at radius 2 is 1.85 bits per heavy atom. The predicted molar refractivity (Wildman–Crippen MR) is 79.1 cm³/mol. The molecule has 0 saturated carbocycles. The van der Waals surface area contributed by atoms with Crippen LogP contribution in [0.5, 0.6) is 5.75 Å². The van der Waals surface area contributed by atoms with Crippen LogP contribution in [0, 0.1) is 0 Å². The fourth-order valence-corrected chi connectivity index (χ4v) is 2.65. The lowest BCUT2D eigenvalue weighted by atomic mass is 9.80. The Morgan fingerprint density at radius 3 is 2.70 bits per heavy atom. The third-order valence-corrected chi connectivity index (χ3v) is 3.72. The highest BCUT2D eigenvalue weighted by molar-refractivity contribution is 6.58. The highest BCUT2D eigenvalue weighted by atomic mass is 16.5. The van der Waals surface area contributed by atoms with E-state index >= 15 is 0 Å². The second kappa shape index (κ2) is 5.69. The molecule has 0 unspecified atom stereocenters. The molecule has 102 valence electrons. The van der Waals surface area contributed by atoms with Gasteiger partial charge < -0.3 is 14.8 Å². The summed E-state index contributed by atoms with van der Waals surface area (Å²) < 4.78 is 5.72. The molecule has 20 heavy (non-hydrogen) atoms. The molecule has 2 aromatic rings. The minimum absolute atomic E-state index is 0.441. The highest BCUT2D eigenvalue weighted by Crippen LogP contribution is 2.23. The van der Waals surface area contributed by atoms with Crippen molar-refractivity contribution in [3.8, 4) is 5.75 Å². The Kier molecular flexibility index (Phi) is 3.76. The minimum atomic E-state index is -1.46. The molecule has 2 aromatic carbocycles. The lowest BCUT2D eigenvalue weighted by Gasteiger charge is -2.09. The number of aryl methyl sites for hydroxylation is 2. The first-order chi connectivity index (χ1) is 9.72. The van der Waals surface area contributed by atoms with Gasteiger partial charge in [-0.15, -0.1) is 0 Å². The van der Waals surface area contributed by atoms with Crippen molar-refractivity contribution in [2.45, 2.75) is 25.9 Å². The van der Waals surface area contributed by atoms with Crippen molar-refractivity contribution in [3.63, 3.8) is 0 Å². The summed E-state index contributed by atoms with van der Waals surface area (Å²) in [5.74, 6) is 0.649. The van der Waals surface area contributed by atoms with Crippen LogP contribution in [0.3, 0.4) is 0 Å². The zero-order chi connectivity index (χ0) is 13.9. The molecule has 1 aliphatic rings. The van der Waals surface area contributed by atoms with Crippen LogP contribution in [0.1, 0.15) is 23.1 Å². The SMILES string of the molecule is OB(O)c1cccc(OCc2ccc3c(c2)CCC3)c1. The van der Waals surface area contributed by atoms with Crippen LogP contribution >= 0.6 is 0 Å². The van der Waals surface area contributed by atoms with Crippen LogP contribution in [0.15, 0.2) is 42.5 Å². The Morgan fingerprint density at radius 1 is 1.00 bits per heavy atom. The lowest BCUT2D eigenvalue weighted by molar-refractivity contribution is 0.306. The van der Waals surface area contributed by atoms with Crippen LogP contribution in [-0.2, 0) is 19.4 Å². The van der Waals surface area contributed by atoms with Gasteiger partial charge in [-0.25, -0.2) is 0 Å². The number of benzene rings is 2. The number of hydrogen-bond acceptors (Lipinski definition) is 3. The van der Waals surface area contributed by atoms with Crippen molar-refractivity contribution in [2.24, 2.45) is 0 Å². The topological polar surface area (TPSA) is 49.7 Å². The lowest BCUT2D eigenvalue weighted by Crippen LogP contribution is -2.29. The highest BCUT2D eigenvalue weighted by Gasteiger charge is 2.12. The van der Waals surface area contributed by atoms with Crippen molar-refractivity contribution in [2.75, 3.05) is 0 Å². The molecule has 2 N–H and O–H groups in total. The average molecular weight is 268 g/mol. The van der Waals surface area contributed by atoms with Gasteiger partial charge in [0.1, 0.15) is 12.4 Å². The second-order valence-electron chi connectivity index (χ2n) is 5.19. The second-order valence-corrected chi connectivity index (χ2v) is 5.19. The van der Waals surface area contributed by atoms with Crippen molar-refractivity contribution in [3.05, 3.63) is 59.2 Å². The molecule has 0 bridgehead atoms. The first-order valence-corrected chi connectivity index (χ1v) is 6.92. The smallest absolute Gasteiger partial charge is 0.488 e. The third kappa shape index (κ3) is 2.87. The largest absolute Gasteiger partial charge is 0.489 e. The summed E-state index contributed by atoms with van der Waals surface area (Å²) in [7, 11) is -1.46. The van der Waals surface area contributed by atoms with Crippen molar-refractivity contribution >= 4 is 12.6 Å². The first kappa shape index (κ1) is 13.2. The van der Waals surface area contributed by atoms with Crippen LogP contribution in [-0.4, -0.2) is 17.2 Å². The third-order valence-electron chi connectivity index (χ3n) is 3.72. The number of ether oxygens (including phenoxy) is 1. The molecule has 0 radical (unpaired) electrons. The van der Waals surface area contributed by atoms with Gasteiger partial charge in [-0.2, -0.15) is 0 Å². The van der Waals surface area contributed by atoms with Crippen LogP contribution in [0.25, 0.3) is 0 Å². The van der Waals surface area contributed by atoms with Gasteiger partial charge in [0.05, 0.1) is 0 Å². The molecule has 1 aliphatic carbocycles. The molecule has 3 rings (SSSR count). The zero-order valence-electron chi connectivity index (χ0n) is 11.2. The number of fused-ring (bicyclic) bond motifs is 1. The fraction of sp³-hybridized carbons (Fsp3) is 0.250. The molecule has 0 fully saturated rings. The number of rotatable bonds is 4. The van der Waals surface area contributed by atoms with Gasteiger partial charge in [-0.1, -0.05) is 30.3 Å². The summed E-state index contributed by atoms with van der Waals surface area (Å²) in [5.41, 5.74) is 4.49. The Balaban J connectivity index is 1.69. The van der Waals surface area contributed by atoms with E-state index in [1.54, 1.807) is 18.2 Å². The molecule has 0 aromatic heterocycles. The maximum absolute atomic E-state index is 9.14. The molecule has 0 spiro atoms. The summed E-state index contributed by atoms with van der Waals surface area (Å²) in [6, 6.07) is 13.4. The summed E-state index contributed by atoms with van der Waals surface area (Å²) in [5, 5.41) is 18.3. The van der Waals surface area contributed by atoms with Crippen LogP contribution in [0.2, 0.25) is 0 Å². The van der Waals surface area contributed by atoms with E-state index in [4.69, 9.17) is 14.8 Å². The van der Waals surface area contributed by atoms with Crippen molar-refractivity contribution in [1.29, 1.82) is 0 Å². The van der Waals surface area contributed by atoms with Crippen LogP contribution < -0.4 is 10.2 Å². The van der Waals surface area contributed by atoms with E-state index in [9.17, 15) is 0 Å². The van der Waals surface area contributed by atoms with Gasteiger partial charge in [0, 0.05) is 0 Å². The van der Waals surface area contributed by atoms with Gasteiger partial charge in [-0.3, -0.25) is 0 Å². The van der Waals surface area contributed by atoms with E-state index in [1.165, 1.54) is 24.0 Å². The average Bonchev–Trinajstić information content (AvgIpc) is 2.93. The van der Waals surface area contributed by atoms with E-state index in [0.717, 1.165) is 12.0 Å². The maximum Gasteiger partial charge on any atom is 0.488 e. The molecule has 0 heterocycles. The van der Waals surface area contributed by atoms with Gasteiger partial charge >= 0.3 is 7.12 Å². The Hall–Kier alpha value is -1.78. The normalized spacial score (nSPS) is 13.1. The maximum atomic E-state index is 9.14. The van der Waals surface area contributed by atoms with Crippen molar-refractivity contribution < 1.29 is 14.8 Å². The molecule has 0 atom stereocenters. The summed E-state index contributed by atoms with van der Waals surface area (Å²) in [6.45, 7) is 0.498. The van der Waals surface area contributed by atoms with Crippen molar-refractivity contribution in [1.82, 2.24) is 0 Å². The summed E-state index contributed by atoms with van der Waals surface area (Å²) >= 11 is 0. The molecular weight excluding hydrogens is 251 g/mol. The number of hydrogen-bond donors (Lipinski definition) is 2. The quantitative estimate of drug-likeness (QED) is 0.825. The van der Waals surface area contributed by atoms with E-state index in [-0.39, 0.29) is 0 Å². The molecule has 4 heteroatoms. The van der Waals surface area contributed by atoms with Gasteiger partial charge in [0.15, 0.2) is 0 Å². The molecule has 0 aliphatic heterocycles. The Labute approximate surface area is 119 Å². The fourth-order valence-electron chi connectivity index (χ4n) is 2.65. The zero-order valence-corrected chi connectivity index (χ0v) is 11.2. The summed E-state index contributed by atoms with van der Waals surface area (Å²) in [6.07, 6.45) is 3.60. The van der Waals surface area contributed by atoms with Gasteiger partial charge in [0.25, 0.3) is 0 Å². The minimum Gasteiger partial charge on any atom is -0.489 e. The van der Waals surface area contributed by atoms with E-state index in [0.29, 0.717) is 17.8 Å². The Bertz CT molecular complexity index is 610. The van der Waals surface area contributed by atoms with E-state index in [2.05, 4.69) is 18.2 Å². The van der Waals surface area contributed by atoms with Gasteiger partial charge in [-0.05, 0) is 53.5 Å². The van der Waals surface area contributed by atoms with Gasteiger partial charge in [0.2, 0.25) is 0 Å². The molecular formula is C16H17BO3. The van der Waals surface area contributed by atoms with E-state index in [1.807, 2.05) is 6.07 Å². The standard InChI is InChI=1S/C16H17BO3/c18-17(19)15-5-2-6-16(10-15)20-11-12-7-8-13-3-1-4-14(13)9-12/h2,5-10,18-19H,1,3-4,11H2. The first-order valence-electron chi connectivity index (χ1n) is 6.92.